The molecule has 2 rings (SSSR count). The Bertz CT molecular complexity index is 389. The predicted molar refractivity (Wildman–Crippen MR) is 62.7 cm³/mol. The van der Waals surface area contributed by atoms with Crippen molar-refractivity contribution in [3.63, 3.8) is 0 Å². The molecule has 1 unspecified atom stereocenters. The van der Waals surface area contributed by atoms with Crippen molar-refractivity contribution < 1.29 is 9.53 Å². The molecule has 3 nitrogen and oxygen atoms in total. The summed E-state index contributed by atoms with van der Waals surface area (Å²) in [4.78, 5) is 13.8. The number of hydrogen-bond acceptors (Lipinski definition) is 3. The van der Waals surface area contributed by atoms with E-state index >= 15 is 0 Å². The third kappa shape index (κ3) is 2.09. The number of likely N-dealkylation sites (tertiary alicyclic amines) is 1. The Hall–Kier alpha value is -1.35. The number of ether oxygens (including phenoxy) is 1. The molecule has 0 aromatic heterocycles. The molecule has 0 spiro atoms. The van der Waals surface area contributed by atoms with Crippen LogP contribution in [0.2, 0.25) is 0 Å². The molecule has 1 aliphatic heterocycles. The largest absolute Gasteiger partial charge is 0.496 e. The van der Waals surface area contributed by atoms with E-state index in [1.165, 1.54) is 0 Å². The van der Waals surface area contributed by atoms with Crippen LogP contribution in [-0.4, -0.2) is 37.4 Å². The van der Waals surface area contributed by atoms with Gasteiger partial charge in [0.2, 0.25) is 0 Å². The van der Waals surface area contributed by atoms with Crippen LogP contribution in [0.3, 0.4) is 0 Å². The number of methoxy groups -OCH3 is 1. The number of benzene rings is 1. The van der Waals surface area contributed by atoms with Crippen LogP contribution >= 0.6 is 0 Å². The molecule has 1 fully saturated rings. The fourth-order valence-electron chi connectivity index (χ4n) is 2.20. The Balaban J connectivity index is 2.17. The summed E-state index contributed by atoms with van der Waals surface area (Å²) in [6, 6.07) is 7.92. The maximum absolute atomic E-state index is 11.7. The number of para-hydroxylation sites is 1. The smallest absolute Gasteiger partial charge is 0.151 e. The molecule has 16 heavy (non-hydrogen) atoms. The lowest BCUT2D eigenvalue weighted by Crippen LogP contribution is -2.31. The highest BCUT2D eigenvalue weighted by atomic mass is 16.5. The number of rotatable bonds is 3. The van der Waals surface area contributed by atoms with E-state index in [-0.39, 0.29) is 6.04 Å². The van der Waals surface area contributed by atoms with Crippen molar-refractivity contribution in [2.75, 3.05) is 20.7 Å². The minimum absolute atomic E-state index is 0.0244. The van der Waals surface area contributed by atoms with Crippen molar-refractivity contribution in [3.05, 3.63) is 29.8 Å². The van der Waals surface area contributed by atoms with E-state index in [1.54, 1.807) is 7.11 Å². The Morgan fingerprint density at radius 3 is 2.81 bits per heavy atom. The second kappa shape index (κ2) is 4.66. The van der Waals surface area contributed by atoms with Crippen molar-refractivity contribution in [1.29, 1.82) is 0 Å². The van der Waals surface area contributed by atoms with Crippen LogP contribution in [0, 0.1) is 0 Å². The number of Topliss-reactive ketones (excluding diaryl/α,β-unsaturated/α-hetero) is 1. The van der Waals surface area contributed by atoms with E-state index in [0.29, 0.717) is 12.2 Å². The SMILES string of the molecule is COc1ccccc1CC1C(=O)CCN1C. The highest BCUT2D eigenvalue weighted by molar-refractivity contribution is 5.86. The number of nitrogens with zero attached hydrogens (tertiary/aromatic N) is 1. The van der Waals surface area contributed by atoms with Gasteiger partial charge < -0.3 is 4.74 Å². The van der Waals surface area contributed by atoms with Gasteiger partial charge in [0.05, 0.1) is 13.2 Å². The van der Waals surface area contributed by atoms with Gasteiger partial charge >= 0.3 is 0 Å². The van der Waals surface area contributed by atoms with Gasteiger partial charge in [-0.1, -0.05) is 18.2 Å². The molecular formula is C13H17NO2. The summed E-state index contributed by atoms with van der Waals surface area (Å²) in [6.07, 6.45) is 1.43. The molecule has 0 aliphatic carbocycles. The molecule has 0 saturated carbocycles. The van der Waals surface area contributed by atoms with Gasteiger partial charge in [-0.15, -0.1) is 0 Å². The fourth-order valence-corrected chi connectivity index (χ4v) is 2.20. The van der Waals surface area contributed by atoms with Gasteiger partial charge in [0, 0.05) is 13.0 Å². The van der Waals surface area contributed by atoms with Gasteiger partial charge in [-0.05, 0) is 25.1 Å². The van der Waals surface area contributed by atoms with E-state index in [0.717, 1.165) is 24.3 Å². The maximum atomic E-state index is 11.7. The number of hydrogen-bond donors (Lipinski definition) is 0. The van der Waals surface area contributed by atoms with Crippen LogP contribution in [0.5, 0.6) is 5.75 Å². The summed E-state index contributed by atoms with van der Waals surface area (Å²) in [6.45, 7) is 0.874. The van der Waals surface area contributed by atoms with E-state index in [9.17, 15) is 4.79 Å². The van der Waals surface area contributed by atoms with Crippen LogP contribution in [0.4, 0.5) is 0 Å². The van der Waals surface area contributed by atoms with Gasteiger partial charge in [0.1, 0.15) is 5.75 Å². The van der Waals surface area contributed by atoms with E-state index < -0.39 is 0 Å². The zero-order valence-corrected chi connectivity index (χ0v) is 9.77. The summed E-state index contributed by atoms with van der Waals surface area (Å²) >= 11 is 0. The molecule has 1 aliphatic rings. The Kier molecular flexibility index (Phi) is 3.25. The Morgan fingerprint density at radius 1 is 1.44 bits per heavy atom. The monoisotopic (exact) mass is 219 g/mol. The number of likely N-dealkylation sites (N-methyl/N-ethyl adjacent to an activating group) is 1. The molecule has 0 N–H and O–H groups in total. The highest BCUT2D eigenvalue weighted by Gasteiger charge is 2.29. The molecule has 0 radical (unpaired) electrons. The summed E-state index contributed by atoms with van der Waals surface area (Å²) in [5.74, 6) is 1.21. The zero-order chi connectivity index (χ0) is 11.5. The molecule has 1 atom stereocenters. The Morgan fingerprint density at radius 2 is 2.19 bits per heavy atom. The van der Waals surface area contributed by atoms with Crippen molar-refractivity contribution in [2.45, 2.75) is 18.9 Å². The first kappa shape index (κ1) is 11.1. The molecular weight excluding hydrogens is 202 g/mol. The van der Waals surface area contributed by atoms with Crippen LogP contribution in [0.25, 0.3) is 0 Å². The maximum Gasteiger partial charge on any atom is 0.151 e. The summed E-state index contributed by atoms with van der Waals surface area (Å²) < 4.78 is 5.30. The van der Waals surface area contributed by atoms with E-state index in [1.807, 2.05) is 31.3 Å². The molecule has 3 heteroatoms. The van der Waals surface area contributed by atoms with E-state index in [4.69, 9.17) is 4.74 Å². The standard InChI is InChI=1S/C13H17NO2/c1-14-8-7-12(15)11(14)9-10-5-3-4-6-13(10)16-2/h3-6,11H,7-9H2,1-2H3. The van der Waals surface area contributed by atoms with Crippen molar-refractivity contribution in [2.24, 2.45) is 0 Å². The van der Waals surface area contributed by atoms with Crippen LogP contribution in [0.15, 0.2) is 24.3 Å². The first-order valence-electron chi connectivity index (χ1n) is 5.57. The first-order chi connectivity index (χ1) is 7.72. The average molecular weight is 219 g/mol. The second-order valence-corrected chi connectivity index (χ2v) is 4.23. The molecule has 1 heterocycles. The van der Waals surface area contributed by atoms with Crippen LogP contribution in [0.1, 0.15) is 12.0 Å². The third-order valence-electron chi connectivity index (χ3n) is 3.22. The van der Waals surface area contributed by atoms with Gasteiger partial charge in [0.15, 0.2) is 5.78 Å². The molecule has 0 bridgehead atoms. The van der Waals surface area contributed by atoms with Crippen LogP contribution < -0.4 is 4.74 Å². The lowest BCUT2D eigenvalue weighted by molar-refractivity contribution is -0.119. The normalized spacial score (nSPS) is 21.4. The van der Waals surface area contributed by atoms with Gasteiger partial charge in [0.25, 0.3) is 0 Å². The fraction of sp³-hybridized carbons (Fsp3) is 0.462. The summed E-state index contributed by atoms with van der Waals surface area (Å²) in [5, 5.41) is 0. The first-order valence-corrected chi connectivity index (χ1v) is 5.57. The van der Waals surface area contributed by atoms with Gasteiger partial charge in [-0.2, -0.15) is 0 Å². The molecule has 86 valence electrons. The molecule has 0 amide bonds. The topological polar surface area (TPSA) is 29.5 Å². The number of ketones is 1. The minimum Gasteiger partial charge on any atom is -0.496 e. The predicted octanol–water partition coefficient (Wildman–Crippen LogP) is 1.51. The average Bonchev–Trinajstić information content (AvgIpc) is 2.61. The minimum atomic E-state index is 0.0244. The van der Waals surface area contributed by atoms with Crippen molar-refractivity contribution in [3.8, 4) is 5.75 Å². The summed E-state index contributed by atoms with van der Waals surface area (Å²) in [7, 11) is 3.67. The van der Waals surface area contributed by atoms with Gasteiger partial charge in [-0.3, -0.25) is 9.69 Å². The zero-order valence-electron chi connectivity index (χ0n) is 9.77. The highest BCUT2D eigenvalue weighted by Crippen LogP contribution is 2.23. The van der Waals surface area contributed by atoms with Crippen LogP contribution in [-0.2, 0) is 11.2 Å². The molecule has 1 aromatic rings. The Labute approximate surface area is 96.0 Å². The van der Waals surface area contributed by atoms with Crippen molar-refractivity contribution >= 4 is 5.78 Å². The number of carbonyl (C=O) groups excluding carboxylic acids is 1. The van der Waals surface area contributed by atoms with Gasteiger partial charge in [-0.25, -0.2) is 0 Å². The van der Waals surface area contributed by atoms with E-state index in [2.05, 4.69) is 4.90 Å². The lowest BCUT2D eigenvalue weighted by atomic mass is 10.0. The molecule has 1 aromatic carbocycles. The van der Waals surface area contributed by atoms with Crippen molar-refractivity contribution in [1.82, 2.24) is 4.90 Å². The second-order valence-electron chi connectivity index (χ2n) is 4.23. The summed E-state index contributed by atoms with van der Waals surface area (Å²) in [5.41, 5.74) is 1.11. The lowest BCUT2D eigenvalue weighted by Gasteiger charge is -2.19. The molecule has 1 saturated heterocycles. The quantitative estimate of drug-likeness (QED) is 0.771. The third-order valence-corrected chi connectivity index (χ3v) is 3.22. The number of carbonyl (C=O) groups is 1.